The van der Waals surface area contributed by atoms with Crippen LogP contribution >= 0.6 is 11.6 Å². The third-order valence-electron chi connectivity index (χ3n) is 4.17. The molecule has 1 saturated heterocycles. The van der Waals surface area contributed by atoms with Gasteiger partial charge in [-0.05, 0) is 44.2 Å². The van der Waals surface area contributed by atoms with Crippen molar-refractivity contribution in [2.45, 2.75) is 13.8 Å². The average Bonchev–Trinajstić information content (AvgIpc) is 2.57. The summed E-state index contributed by atoms with van der Waals surface area (Å²) >= 11 is 6.00. The van der Waals surface area contributed by atoms with E-state index in [0.29, 0.717) is 18.1 Å². The fourth-order valence-corrected chi connectivity index (χ4v) is 3.12. The number of halogens is 2. The number of nitrogens with zero attached hydrogens (tertiary/aromatic N) is 3. The van der Waals surface area contributed by atoms with Gasteiger partial charge in [-0.3, -0.25) is 4.98 Å². The number of piperazine rings is 1. The van der Waals surface area contributed by atoms with Crippen LogP contribution < -0.4 is 10.2 Å². The van der Waals surface area contributed by atoms with Gasteiger partial charge in [0.25, 0.3) is 0 Å². The molecule has 3 rings (SSSR count). The highest BCUT2D eigenvalue weighted by atomic mass is 35.5. The van der Waals surface area contributed by atoms with E-state index in [4.69, 9.17) is 11.6 Å². The fourth-order valence-electron chi connectivity index (χ4n) is 2.95. The lowest BCUT2D eigenvalue weighted by Crippen LogP contribution is -2.50. The molecule has 1 aliphatic rings. The normalized spacial score (nSPS) is 14.6. The van der Waals surface area contributed by atoms with E-state index < -0.39 is 5.82 Å². The van der Waals surface area contributed by atoms with E-state index in [1.54, 1.807) is 4.90 Å². The van der Waals surface area contributed by atoms with Crippen molar-refractivity contribution >= 4 is 29.0 Å². The summed E-state index contributed by atoms with van der Waals surface area (Å²) < 4.78 is 13.3. The van der Waals surface area contributed by atoms with Crippen molar-refractivity contribution in [2.24, 2.45) is 0 Å². The monoisotopic (exact) mass is 362 g/mol. The predicted octanol–water partition coefficient (Wildman–Crippen LogP) is 3.85. The molecular formula is C18H20ClFN4O. The molecule has 132 valence electrons. The van der Waals surface area contributed by atoms with E-state index in [-0.39, 0.29) is 11.7 Å². The molecule has 0 bridgehead atoms. The predicted molar refractivity (Wildman–Crippen MR) is 97.9 cm³/mol. The first kappa shape index (κ1) is 17.5. The van der Waals surface area contributed by atoms with Gasteiger partial charge in [0, 0.05) is 43.3 Å². The number of aryl methyl sites for hydroxylation is 2. The number of hydrogen-bond acceptors (Lipinski definition) is 3. The van der Waals surface area contributed by atoms with Gasteiger partial charge in [0.15, 0.2) is 0 Å². The Morgan fingerprint density at radius 3 is 2.40 bits per heavy atom. The minimum atomic E-state index is -0.437. The highest BCUT2D eigenvalue weighted by molar-refractivity contribution is 6.33. The number of amides is 2. The van der Waals surface area contributed by atoms with Gasteiger partial charge in [-0.1, -0.05) is 11.6 Å². The third-order valence-corrected chi connectivity index (χ3v) is 4.50. The van der Waals surface area contributed by atoms with E-state index in [1.807, 2.05) is 13.8 Å². The van der Waals surface area contributed by atoms with Crippen molar-refractivity contribution in [3.63, 3.8) is 0 Å². The van der Waals surface area contributed by atoms with E-state index in [2.05, 4.69) is 27.3 Å². The molecule has 0 spiro atoms. The summed E-state index contributed by atoms with van der Waals surface area (Å²) in [7, 11) is 0. The summed E-state index contributed by atoms with van der Waals surface area (Å²) in [5.74, 6) is -0.437. The summed E-state index contributed by atoms with van der Waals surface area (Å²) in [6, 6.07) is 7.74. The standard InChI is InChI=1S/C18H20ClFN4O/c1-12-9-15(10-13(2)21-12)23-5-7-24(8-6-23)18(25)22-17-11-14(20)3-4-16(17)19/h3-4,9-11H,5-8H2,1-2H3,(H,22,25). The van der Waals surface area contributed by atoms with Gasteiger partial charge in [-0.2, -0.15) is 0 Å². The quantitative estimate of drug-likeness (QED) is 0.882. The average molecular weight is 363 g/mol. The summed E-state index contributed by atoms with van der Waals surface area (Å²) in [5.41, 5.74) is 3.37. The van der Waals surface area contributed by atoms with Crippen LogP contribution in [0.15, 0.2) is 30.3 Å². The second kappa shape index (κ2) is 7.27. The Labute approximate surface area is 151 Å². The maximum absolute atomic E-state index is 13.3. The number of aromatic nitrogens is 1. The van der Waals surface area contributed by atoms with Crippen LogP contribution in [0.2, 0.25) is 5.02 Å². The first-order valence-corrected chi connectivity index (χ1v) is 8.51. The summed E-state index contributed by atoms with van der Waals surface area (Å²) in [6.45, 7) is 6.57. The Balaban J connectivity index is 1.61. The van der Waals surface area contributed by atoms with Crippen molar-refractivity contribution in [3.8, 4) is 0 Å². The molecule has 5 nitrogen and oxygen atoms in total. The number of carbonyl (C=O) groups is 1. The van der Waals surface area contributed by atoms with Crippen LogP contribution in [0.4, 0.5) is 20.6 Å². The molecule has 25 heavy (non-hydrogen) atoms. The number of carbonyl (C=O) groups excluding carboxylic acids is 1. The molecule has 2 amide bonds. The molecular weight excluding hydrogens is 343 g/mol. The van der Waals surface area contributed by atoms with Crippen LogP contribution in [-0.4, -0.2) is 42.1 Å². The van der Waals surface area contributed by atoms with E-state index in [0.717, 1.165) is 30.2 Å². The highest BCUT2D eigenvalue weighted by Crippen LogP contribution is 2.23. The van der Waals surface area contributed by atoms with Gasteiger partial charge in [-0.25, -0.2) is 9.18 Å². The SMILES string of the molecule is Cc1cc(N2CCN(C(=O)Nc3cc(F)ccc3Cl)CC2)cc(C)n1. The van der Waals surface area contributed by atoms with E-state index in [9.17, 15) is 9.18 Å². The van der Waals surface area contributed by atoms with Crippen LogP contribution in [-0.2, 0) is 0 Å². The van der Waals surface area contributed by atoms with Crippen molar-refractivity contribution in [2.75, 3.05) is 36.4 Å². The Hall–Kier alpha value is -2.34. The largest absolute Gasteiger partial charge is 0.368 e. The summed E-state index contributed by atoms with van der Waals surface area (Å²) in [5, 5.41) is 3.00. The van der Waals surface area contributed by atoms with Crippen LogP contribution in [0, 0.1) is 19.7 Å². The molecule has 7 heteroatoms. The number of rotatable bonds is 2. The molecule has 1 aliphatic heterocycles. The lowest BCUT2D eigenvalue weighted by Gasteiger charge is -2.36. The van der Waals surface area contributed by atoms with E-state index >= 15 is 0 Å². The van der Waals surface area contributed by atoms with Gasteiger partial charge in [-0.15, -0.1) is 0 Å². The first-order valence-electron chi connectivity index (χ1n) is 8.13. The number of pyridine rings is 1. The molecule has 2 aromatic rings. The molecule has 1 fully saturated rings. The van der Waals surface area contributed by atoms with Crippen LogP contribution in [0.3, 0.4) is 0 Å². The molecule has 0 atom stereocenters. The summed E-state index contributed by atoms with van der Waals surface area (Å²) in [6.07, 6.45) is 0. The van der Waals surface area contributed by atoms with Crippen molar-refractivity contribution < 1.29 is 9.18 Å². The maximum atomic E-state index is 13.3. The number of nitrogens with one attached hydrogen (secondary N) is 1. The fraction of sp³-hybridized carbons (Fsp3) is 0.333. The van der Waals surface area contributed by atoms with Gasteiger partial charge >= 0.3 is 6.03 Å². The minimum Gasteiger partial charge on any atom is -0.368 e. The van der Waals surface area contributed by atoms with Crippen molar-refractivity contribution in [3.05, 3.63) is 52.6 Å². The summed E-state index contributed by atoms with van der Waals surface area (Å²) in [4.78, 5) is 20.7. The molecule has 0 unspecified atom stereocenters. The van der Waals surface area contributed by atoms with Gasteiger partial charge < -0.3 is 15.1 Å². The Morgan fingerprint density at radius 1 is 1.12 bits per heavy atom. The molecule has 0 aliphatic carbocycles. The van der Waals surface area contributed by atoms with E-state index in [1.165, 1.54) is 18.2 Å². The highest BCUT2D eigenvalue weighted by Gasteiger charge is 2.22. The molecule has 1 aromatic carbocycles. The topological polar surface area (TPSA) is 48.5 Å². The first-order chi connectivity index (χ1) is 11.9. The smallest absolute Gasteiger partial charge is 0.322 e. The Bertz CT molecular complexity index is 770. The third kappa shape index (κ3) is 4.20. The molecule has 0 radical (unpaired) electrons. The zero-order valence-electron chi connectivity index (χ0n) is 14.2. The maximum Gasteiger partial charge on any atom is 0.322 e. The molecule has 0 saturated carbocycles. The van der Waals surface area contributed by atoms with Gasteiger partial charge in [0.2, 0.25) is 0 Å². The van der Waals surface area contributed by atoms with Crippen LogP contribution in [0.25, 0.3) is 0 Å². The Kier molecular flexibility index (Phi) is 5.08. The minimum absolute atomic E-state index is 0.269. The van der Waals surface area contributed by atoms with Crippen molar-refractivity contribution in [1.29, 1.82) is 0 Å². The Morgan fingerprint density at radius 2 is 1.76 bits per heavy atom. The number of benzene rings is 1. The lowest BCUT2D eigenvalue weighted by molar-refractivity contribution is 0.208. The zero-order chi connectivity index (χ0) is 18.0. The van der Waals surface area contributed by atoms with Gasteiger partial charge in [0.05, 0.1) is 10.7 Å². The number of anilines is 2. The van der Waals surface area contributed by atoms with Crippen molar-refractivity contribution in [1.82, 2.24) is 9.88 Å². The van der Waals surface area contributed by atoms with Crippen LogP contribution in [0.5, 0.6) is 0 Å². The molecule has 2 heterocycles. The molecule has 1 N–H and O–H groups in total. The molecule has 1 aromatic heterocycles. The number of urea groups is 1. The van der Waals surface area contributed by atoms with Gasteiger partial charge in [0.1, 0.15) is 5.82 Å². The van der Waals surface area contributed by atoms with Crippen LogP contribution in [0.1, 0.15) is 11.4 Å². The second-order valence-electron chi connectivity index (χ2n) is 6.14. The zero-order valence-corrected chi connectivity index (χ0v) is 15.0. The second-order valence-corrected chi connectivity index (χ2v) is 6.54. The number of hydrogen-bond donors (Lipinski definition) is 1. The lowest BCUT2D eigenvalue weighted by atomic mass is 10.2.